The van der Waals surface area contributed by atoms with Gasteiger partial charge in [-0.1, -0.05) is 24.3 Å². The number of anilines is 1. The van der Waals surface area contributed by atoms with Crippen molar-refractivity contribution in [1.82, 2.24) is 0 Å². The third kappa shape index (κ3) is 3.94. The van der Waals surface area contributed by atoms with E-state index in [0.717, 1.165) is 5.56 Å². The SMILES string of the molecule is CCOc1c(CC(C(=O)O)c2ccc(N)cc2)cccc1OC. The fourth-order valence-electron chi connectivity index (χ4n) is 2.49. The van der Waals surface area contributed by atoms with Crippen LogP contribution in [0.3, 0.4) is 0 Å². The Morgan fingerprint density at radius 1 is 1.22 bits per heavy atom. The van der Waals surface area contributed by atoms with E-state index < -0.39 is 11.9 Å². The van der Waals surface area contributed by atoms with Crippen LogP contribution < -0.4 is 15.2 Å². The summed E-state index contributed by atoms with van der Waals surface area (Å²) in [5, 5.41) is 9.60. The highest BCUT2D eigenvalue weighted by Gasteiger charge is 2.23. The Kier molecular flexibility index (Phi) is 5.46. The molecule has 23 heavy (non-hydrogen) atoms. The van der Waals surface area contributed by atoms with E-state index >= 15 is 0 Å². The minimum atomic E-state index is -0.889. The minimum absolute atomic E-state index is 0.311. The molecule has 0 aromatic heterocycles. The highest BCUT2D eigenvalue weighted by Crippen LogP contribution is 2.34. The maximum atomic E-state index is 11.7. The number of hydrogen-bond donors (Lipinski definition) is 2. The van der Waals surface area contributed by atoms with Crippen LogP contribution in [-0.4, -0.2) is 24.8 Å². The molecule has 0 fully saturated rings. The minimum Gasteiger partial charge on any atom is -0.493 e. The maximum Gasteiger partial charge on any atom is 0.311 e. The molecule has 2 aromatic carbocycles. The molecule has 2 aromatic rings. The quantitative estimate of drug-likeness (QED) is 0.767. The van der Waals surface area contributed by atoms with Gasteiger partial charge in [-0.2, -0.15) is 0 Å². The number of carboxylic acid groups (broad SMARTS) is 1. The first-order valence-corrected chi connectivity index (χ1v) is 7.43. The molecule has 0 radical (unpaired) electrons. The fraction of sp³-hybridized carbons (Fsp3) is 0.278. The van der Waals surface area contributed by atoms with Crippen LogP contribution in [0.4, 0.5) is 5.69 Å². The molecule has 122 valence electrons. The van der Waals surface area contributed by atoms with Crippen LogP contribution in [0.5, 0.6) is 11.5 Å². The van der Waals surface area contributed by atoms with Gasteiger partial charge in [-0.15, -0.1) is 0 Å². The van der Waals surface area contributed by atoms with Crippen molar-refractivity contribution in [1.29, 1.82) is 0 Å². The van der Waals surface area contributed by atoms with Crippen molar-refractivity contribution < 1.29 is 19.4 Å². The molecule has 0 aliphatic rings. The molecule has 0 aliphatic carbocycles. The van der Waals surface area contributed by atoms with Gasteiger partial charge in [0, 0.05) is 5.69 Å². The highest BCUT2D eigenvalue weighted by molar-refractivity contribution is 5.77. The number of hydrogen-bond acceptors (Lipinski definition) is 4. The van der Waals surface area contributed by atoms with Gasteiger partial charge in [-0.3, -0.25) is 4.79 Å². The summed E-state index contributed by atoms with van der Waals surface area (Å²) < 4.78 is 11.0. The molecule has 0 amide bonds. The monoisotopic (exact) mass is 315 g/mol. The summed E-state index contributed by atoms with van der Waals surface area (Å²) in [6.45, 7) is 2.36. The van der Waals surface area contributed by atoms with Crippen LogP contribution in [0.15, 0.2) is 42.5 Å². The normalized spacial score (nSPS) is 11.7. The van der Waals surface area contributed by atoms with Gasteiger partial charge in [0.1, 0.15) is 0 Å². The first-order chi connectivity index (χ1) is 11.1. The summed E-state index contributed by atoms with van der Waals surface area (Å²) in [5.74, 6) is -0.369. The number of benzene rings is 2. The molecule has 0 bridgehead atoms. The van der Waals surface area contributed by atoms with E-state index in [1.807, 2.05) is 19.1 Å². The number of aliphatic carboxylic acids is 1. The van der Waals surface area contributed by atoms with Crippen molar-refractivity contribution in [2.45, 2.75) is 19.3 Å². The summed E-state index contributed by atoms with van der Waals surface area (Å²) in [4.78, 5) is 11.7. The predicted octanol–water partition coefficient (Wildman–Crippen LogP) is 3.09. The predicted molar refractivity (Wildman–Crippen MR) is 89.1 cm³/mol. The summed E-state index contributed by atoms with van der Waals surface area (Å²) in [5.41, 5.74) is 7.79. The number of nitrogen functional groups attached to an aromatic ring is 1. The Bertz CT molecular complexity index is 667. The van der Waals surface area contributed by atoms with E-state index in [2.05, 4.69) is 0 Å². The van der Waals surface area contributed by atoms with Gasteiger partial charge in [-0.05, 0) is 42.7 Å². The fourth-order valence-corrected chi connectivity index (χ4v) is 2.49. The maximum absolute atomic E-state index is 11.7. The van der Waals surface area contributed by atoms with Crippen LogP contribution in [0.2, 0.25) is 0 Å². The Morgan fingerprint density at radius 3 is 2.48 bits per heavy atom. The lowest BCUT2D eigenvalue weighted by molar-refractivity contribution is -0.138. The summed E-state index contributed by atoms with van der Waals surface area (Å²) in [6, 6.07) is 12.4. The average Bonchev–Trinajstić information content (AvgIpc) is 2.54. The van der Waals surface area contributed by atoms with Crippen molar-refractivity contribution in [3.8, 4) is 11.5 Å². The van der Waals surface area contributed by atoms with Gasteiger partial charge in [0.15, 0.2) is 11.5 Å². The van der Waals surface area contributed by atoms with E-state index in [9.17, 15) is 9.90 Å². The number of ether oxygens (including phenoxy) is 2. The van der Waals surface area contributed by atoms with Gasteiger partial charge < -0.3 is 20.3 Å². The third-order valence-electron chi connectivity index (χ3n) is 3.63. The topological polar surface area (TPSA) is 81.8 Å². The van der Waals surface area contributed by atoms with E-state index in [1.54, 1.807) is 37.4 Å². The lowest BCUT2D eigenvalue weighted by Crippen LogP contribution is -2.15. The van der Waals surface area contributed by atoms with Crippen LogP contribution in [0, 0.1) is 0 Å². The molecule has 1 atom stereocenters. The van der Waals surface area contributed by atoms with Crippen molar-refractivity contribution in [3.05, 3.63) is 53.6 Å². The van der Waals surface area contributed by atoms with Crippen LogP contribution in [-0.2, 0) is 11.2 Å². The molecule has 0 saturated heterocycles. The molecule has 5 heteroatoms. The van der Waals surface area contributed by atoms with Crippen LogP contribution in [0.1, 0.15) is 24.0 Å². The molecule has 5 nitrogen and oxygen atoms in total. The number of carboxylic acids is 1. The number of nitrogens with two attached hydrogens (primary N) is 1. The molecule has 0 heterocycles. The van der Waals surface area contributed by atoms with Gasteiger partial charge in [0.05, 0.1) is 19.6 Å². The van der Waals surface area contributed by atoms with E-state index in [-0.39, 0.29) is 0 Å². The molecule has 0 spiro atoms. The lowest BCUT2D eigenvalue weighted by atomic mass is 9.91. The number of para-hydroxylation sites is 1. The molecule has 3 N–H and O–H groups in total. The first kappa shape index (κ1) is 16.7. The van der Waals surface area contributed by atoms with Crippen molar-refractivity contribution in [2.75, 3.05) is 19.5 Å². The van der Waals surface area contributed by atoms with Gasteiger partial charge >= 0.3 is 5.97 Å². The molecule has 0 saturated carbocycles. The second-order valence-electron chi connectivity index (χ2n) is 5.14. The number of carbonyl (C=O) groups is 1. The Labute approximate surface area is 135 Å². The number of rotatable bonds is 7. The first-order valence-electron chi connectivity index (χ1n) is 7.43. The molecule has 1 unspecified atom stereocenters. The Morgan fingerprint density at radius 2 is 1.91 bits per heavy atom. The van der Waals surface area contributed by atoms with Crippen molar-refractivity contribution in [3.63, 3.8) is 0 Å². The zero-order valence-electron chi connectivity index (χ0n) is 13.3. The number of methoxy groups -OCH3 is 1. The second kappa shape index (κ2) is 7.54. The molecular formula is C18H21NO4. The average molecular weight is 315 g/mol. The Hall–Kier alpha value is -2.69. The Balaban J connectivity index is 2.37. The summed E-state index contributed by atoms with van der Waals surface area (Å²) >= 11 is 0. The van der Waals surface area contributed by atoms with E-state index in [1.165, 1.54) is 0 Å². The third-order valence-corrected chi connectivity index (χ3v) is 3.63. The van der Waals surface area contributed by atoms with Crippen molar-refractivity contribution >= 4 is 11.7 Å². The smallest absolute Gasteiger partial charge is 0.311 e. The van der Waals surface area contributed by atoms with Crippen LogP contribution >= 0.6 is 0 Å². The standard InChI is InChI=1S/C18H21NO4/c1-3-23-17-13(5-4-6-16(17)22-2)11-15(18(20)21)12-7-9-14(19)10-8-12/h4-10,15H,3,11,19H2,1-2H3,(H,20,21). The zero-order chi connectivity index (χ0) is 16.8. The van der Waals surface area contributed by atoms with Gasteiger partial charge in [-0.25, -0.2) is 0 Å². The van der Waals surface area contributed by atoms with Gasteiger partial charge in [0.2, 0.25) is 0 Å². The van der Waals surface area contributed by atoms with Crippen LogP contribution in [0.25, 0.3) is 0 Å². The van der Waals surface area contributed by atoms with E-state index in [4.69, 9.17) is 15.2 Å². The molecular weight excluding hydrogens is 294 g/mol. The largest absolute Gasteiger partial charge is 0.493 e. The highest BCUT2D eigenvalue weighted by atomic mass is 16.5. The molecule has 0 aliphatic heterocycles. The van der Waals surface area contributed by atoms with Gasteiger partial charge in [0.25, 0.3) is 0 Å². The second-order valence-corrected chi connectivity index (χ2v) is 5.14. The summed E-state index contributed by atoms with van der Waals surface area (Å²) in [6.07, 6.45) is 0.311. The van der Waals surface area contributed by atoms with E-state index in [0.29, 0.717) is 35.8 Å². The molecule has 2 rings (SSSR count). The lowest BCUT2D eigenvalue weighted by Gasteiger charge is -2.18. The van der Waals surface area contributed by atoms with Crippen molar-refractivity contribution in [2.24, 2.45) is 0 Å². The summed E-state index contributed by atoms with van der Waals surface area (Å²) in [7, 11) is 1.57. The zero-order valence-corrected chi connectivity index (χ0v) is 13.3.